The van der Waals surface area contributed by atoms with Gasteiger partial charge in [0.2, 0.25) is 0 Å². The van der Waals surface area contributed by atoms with Crippen LogP contribution >= 0.6 is 0 Å². The molecule has 0 radical (unpaired) electrons. The number of ketones is 1. The van der Waals surface area contributed by atoms with E-state index < -0.39 is 0 Å². The molecule has 1 aromatic carbocycles. The van der Waals surface area contributed by atoms with Crippen LogP contribution in [0.1, 0.15) is 88.2 Å². The molecule has 1 atom stereocenters. The molecule has 2 aliphatic carbocycles. The molecule has 2 aliphatic rings. The molecule has 2 saturated carbocycles. The molecule has 0 amide bonds. The number of hydrogen-bond acceptors (Lipinski definition) is 2. The Labute approximate surface area is 152 Å². The molecule has 0 bridgehead atoms. The fourth-order valence-corrected chi connectivity index (χ4v) is 4.91. The summed E-state index contributed by atoms with van der Waals surface area (Å²) in [4.78, 5) is 11.9. The fraction of sp³-hybridized carbons (Fsp3) is 0.652. The van der Waals surface area contributed by atoms with Crippen molar-refractivity contribution in [2.45, 2.75) is 83.5 Å². The Morgan fingerprint density at radius 2 is 1.88 bits per heavy atom. The van der Waals surface area contributed by atoms with Crippen molar-refractivity contribution in [3.8, 4) is 6.07 Å². The summed E-state index contributed by atoms with van der Waals surface area (Å²) in [7, 11) is 0. The van der Waals surface area contributed by atoms with E-state index in [2.05, 4.69) is 37.3 Å². The molecule has 0 spiro atoms. The van der Waals surface area contributed by atoms with Crippen molar-refractivity contribution in [3.63, 3.8) is 0 Å². The summed E-state index contributed by atoms with van der Waals surface area (Å²) in [6.45, 7) is 2.23. The molecule has 0 aromatic heterocycles. The van der Waals surface area contributed by atoms with Gasteiger partial charge in [0, 0.05) is 12.8 Å². The summed E-state index contributed by atoms with van der Waals surface area (Å²) in [5.41, 5.74) is 2.63. The van der Waals surface area contributed by atoms with Crippen molar-refractivity contribution < 1.29 is 4.79 Å². The molecular weight excluding hydrogens is 306 g/mol. The molecule has 3 rings (SSSR count). The van der Waals surface area contributed by atoms with Crippen LogP contribution < -0.4 is 0 Å². The first-order valence-corrected chi connectivity index (χ1v) is 10.2. The third-order valence-electron chi connectivity index (χ3n) is 6.63. The maximum atomic E-state index is 11.9. The fourth-order valence-electron chi connectivity index (χ4n) is 4.91. The van der Waals surface area contributed by atoms with Crippen molar-refractivity contribution >= 4 is 5.78 Å². The van der Waals surface area contributed by atoms with Gasteiger partial charge in [-0.15, -0.1) is 0 Å². The maximum absolute atomic E-state index is 11.9. The Hall–Kier alpha value is -1.62. The predicted molar refractivity (Wildman–Crippen MR) is 101 cm³/mol. The minimum absolute atomic E-state index is 0.242. The van der Waals surface area contributed by atoms with Crippen LogP contribution in [-0.4, -0.2) is 5.78 Å². The first kappa shape index (κ1) is 18.2. The number of carbonyl (C=O) groups excluding carboxylic acids is 1. The zero-order valence-electron chi connectivity index (χ0n) is 15.6. The lowest BCUT2D eigenvalue weighted by molar-refractivity contribution is -0.123. The van der Waals surface area contributed by atoms with E-state index in [1.165, 1.54) is 30.4 Å². The summed E-state index contributed by atoms with van der Waals surface area (Å²) < 4.78 is 0. The number of nitrogens with zero attached hydrogens (tertiary/aromatic N) is 1. The van der Waals surface area contributed by atoms with Crippen LogP contribution in [0, 0.1) is 22.7 Å². The van der Waals surface area contributed by atoms with Gasteiger partial charge in [0.05, 0.1) is 11.5 Å². The lowest BCUT2D eigenvalue weighted by Crippen LogP contribution is -2.36. The largest absolute Gasteiger partial charge is 0.300 e. The number of benzene rings is 1. The molecular formula is C23H31NO. The minimum Gasteiger partial charge on any atom is -0.300 e. The van der Waals surface area contributed by atoms with Crippen molar-refractivity contribution in [3.05, 3.63) is 35.4 Å². The second-order valence-electron chi connectivity index (χ2n) is 8.22. The number of carbonyl (C=O) groups is 1. The minimum atomic E-state index is -0.242. The number of unbranched alkanes of at least 4 members (excludes halogenated alkanes) is 1. The van der Waals surface area contributed by atoms with E-state index in [9.17, 15) is 10.1 Å². The van der Waals surface area contributed by atoms with Gasteiger partial charge in [-0.3, -0.25) is 4.79 Å². The van der Waals surface area contributed by atoms with E-state index >= 15 is 0 Å². The summed E-state index contributed by atoms with van der Waals surface area (Å²) in [6.07, 6.45) is 11.2. The van der Waals surface area contributed by atoms with E-state index in [1.54, 1.807) is 0 Å². The van der Waals surface area contributed by atoms with Crippen LogP contribution in [-0.2, 0) is 11.2 Å². The first-order chi connectivity index (χ1) is 12.2. The van der Waals surface area contributed by atoms with E-state index in [4.69, 9.17) is 0 Å². The molecule has 0 saturated heterocycles. The Balaban J connectivity index is 1.62. The molecule has 1 unspecified atom stereocenters. The van der Waals surface area contributed by atoms with Gasteiger partial charge in [0.1, 0.15) is 5.78 Å². The first-order valence-electron chi connectivity index (χ1n) is 10.2. The van der Waals surface area contributed by atoms with Gasteiger partial charge in [-0.1, -0.05) is 37.6 Å². The maximum Gasteiger partial charge on any atom is 0.133 e. The SMILES string of the molecule is CCCCc1ccc(C2CCC(C#N)(C3CCCC(=O)C3)CC2)cc1. The van der Waals surface area contributed by atoms with E-state index in [0.29, 0.717) is 24.0 Å². The molecule has 0 aliphatic heterocycles. The summed E-state index contributed by atoms with van der Waals surface area (Å²) in [5.74, 6) is 1.26. The van der Waals surface area contributed by atoms with Crippen molar-refractivity contribution in [2.75, 3.05) is 0 Å². The molecule has 0 N–H and O–H groups in total. The van der Waals surface area contributed by atoms with E-state index in [1.807, 2.05) is 0 Å². The smallest absolute Gasteiger partial charge is 0.133 e. The summed E-state index contributed by atoms with van der Waals surface area (Å²) in [5, 5.41) is 9.89. The highest BCUT2D eigenvalue weighted by atomic mass is 16.1. The Bertz CT molecular complexity index is 616. The zero-order valence-corrected chi connectivity index (χ0v) is 15.6. The lowest BCUT2D eigenvalue weighted by Gasteiger charge is -2.42. The number of Topliss-reactive ketones (excluding diaryl/α,β-unsaturated/α-hetero) is 1. The lowest BCUT2D eigenvalue weighted by atomic mass is 9.60. The third kappa shape index (κ3) is 4.14. The van der Waals surface area contributed by atoms with Gasteiger partial charge in [-0.2, -0.15) is 5.26 Å². The predicted octanol–water partition coefficient (Wildman–Crippen LogP) is 5.96. The highest BCUT2D eigenvalue weighted by Gasteiger charge is 2.43. The Kier molecular flexibility index (Phi) is 5.94. The standard InChI is InChI=1S/C23H31NO/c1-2-3-5-18-8-10-19(11-9-18)20-12-14-23(17-24,15-13-20)21-6-4-7-22(25)16-21/h8-11,20-21H,2-7,12-16H2,1H3. The zero-order chi connectivity index (χ0) is 17.7. The van der Waals surface area contributed by atoms with Crippen molar-refractivity contribution in [1.29, 1.82) is 5.26 Å². The molecule has 2 nitrogen and oxygen atoms in total. The molecule has 134 valence electrons. The van der Waals surface area contributed by atoms with Gasteiger partial charge in [-0.05, 0) is 74.3 Å². The second kappa shape index (κ2) is 8.17. The van der Waals surface area contributed by atoms with Crippen LogP contribution in [0.5, 0.6) is 0 Å². The number of rotatable bonds is 5. The van der Waals surface area contributed by atoms with Gasteiger partial charge >= 0.3 is 0 Å². The van der Waals surface area contributed by atoms with E-state index in [-0.39, 0.29) is 5.41 Å². The highest BCUT2D eigenvalue weighted by molar-refractivity contribution is 5.79. The average molecular weight is 338 g/mol. The van der Waals surface area contributed by atoms with Crippen LogP contribution in [0.3, 0.4) is 0 Å². The molecule has 2 heteroatoms. The highest BCUT2D eigenvalue weighted by Crippen LogP contribution is 2.50. The molecule has 2 fully saturated rings. The van der Waals surface area contributed by atoms with Crippen LogP contribution in [0.2, 0.25) is 0 Å². The molecule has 1 aromatic rings. The van der Waals surface area contributed by atoms with Crippen LogP contribution in [0.25, 0.3) is 0 Å². The number of nitriles is 1. The Morgan fingerprint density at radius 1 is 1.16 bits per heavy atom. The Morgan fingerprint density at radius 3 is 2.48 bits per heavy atom. The number of aryl methyl sites for hydroxylation is 1. The topological polar surface area (TPSA) is 40.9 Å². The average Bonchev–Trinajstić information content (AvgIpc) is 2.67. The quantitative estimate of drug-likeness (QED) is 0.665. The summed E-state index contributed by atoms with van der Waals surface area (Å²) in [6, 6.07) is 11.8. The molecule has 0 heterocycles. The monoisotopic (exact) mass is 337 g/mol. The van der Waals surface area contributed by atoms with E-state index in [0.717, 1.165) is 44.9 Å². The van der Waals surface area contributed by atoms with Gasteiger partial charge < -0.3 is 0 Å². The normalized spacial score (nSPS) is 30.0. The van der Waals surface area contributed by atoms with Gasteiger partial charge in [-0.25, -0.2) is 0 Å². The summed E-state index contributed by atoms with van der Waals surface area (Å²) >= 11 is 0. The van der Waals surface area contributed by atoms with Crippen LogP contribution in [0.15, 0.2) is 24.3 Å². The van der Waals surface area contributed by atoms with Gasteiger partial charge in [0.15, 0.2) is 0 Å². The number of hydrogen-bond donors (Lipinski definition) is 0. The van der Waals surface area contributed by atoms with Gasteiger partial charge in [0.25, 0.3) is 0 Å². The van der Waals surface area contributed by atoms with Crippen LogP contribution in [0.4, 0.5) is 0 Å². The van der Waals surface area contributed by atoms with Crippen molar-refractivity contribution in [1.82, 2.24) is 0 Å². The molecule has 25 heavy (non-hydrogen) atoms. The second-order valence-corrected chi connectivity index (χ2v) is 8.22. The third-order valence-corrected chi connectivity index (χ3v) is 6.63. The van der Waals surface area contributed by atoms with Crippen molar-refractivity contribution in [2.24, 2.45) is 11.3 Å².